The van der Waals surface area contributed by atoms with Crippen LogP contribution >= 0.6 is 0 Å². The third kappa shape index (κ3) is 2.18. The van der Waals surface area contributed by atoms with Gasteiger partial charge in [-0.3, -0.25) is 4.68 Å². The van der Waals surface area contributed by atoms with Crippen LogP contribution in [-0.4, -0.2) is 39.5 Å². The lowest BCUT2D eigenvalue weighted by Crippen LogP contribution is -2.67. The van der Waals surface area contributed by atoms with Gasteiger partial charge in [-0.1, -0.05) is 13.8 Å². The molecule has 1 saturated carbocycles. The normalized spacial score (nSPS) is 27.6. The Labute approximate surface area is 140 Å². The second-order valence-electron chi connectivity index (χ2n) is 7.45. The molecule has 2 N–H and O–H groups in total. The number of urea groups is 1. The summed E-state index contributed by atoms with van der Waals surface area (Å²) in [4.78, 5) is 16.8. The van der Waals surface area contributed by atoms with Crippen molar-refractivity contribution in [1.82, 2.24) is 20.1 Å². The van der Waals surface area contributed by atoms with Gasteiger partial charge in [0.1, 0.15) is 0 Å². The second-order valence-corrected chi connectivity index (χ2v) is 7.45. The molecule has 0 radical (unpaired) electrons. The molecule has 2 aliphatic rings. The molecule has 0 unspecified atom stereocenters. The summed E-state index contributed by atoms with van der Waals surface area (Å²) in [7, 11) is 1.86. The Morgan fingerprint density at radius 3 is 3.04 bits per heavy atom. The first-order valence-corrected chi connectivity index (χ1v) is 8.36. The number of hydrogen-bond acceptors (Lipinski definition) is 4. The topological polar surface area (TPSA) is 81.1 Å². The number of hydrogen-bond donors (Lipinski definition) is 2. The molecule has 128 valence electrons. The molecule has 7 heteroatoms. The molecule has 24 heavy (non-hydrogen) atoms. The number of carbonyl (C=O) groups excluding carboxylic acids is 1. The van der Waals surface area contributed by atoms with Crippen molar-refractivity contribution in [3.63, 3.8) is 0 Å². The number of amides is 2. The summed E-state index contributed by atoms with van der Waals surface area (Å²) in [6.45, 7) is 7.03. The number of anilines is 1. The lowest BCUT2D eigenvalue weighted by molar-refractivity contribution is -0.107. The molecule has 0 spiro atoms. The van der Waals surface area contributed by atoms with Gasteiger partial charge in [0.15, 0.2) is 5.65 Å². The molecule has 0 aromatic carbocycles. The van der Waals surface area contributed by atoms with E-state index in [1.165, 1.54) is 0 Å². The average Bonchev–Trinajstić information content (AvgIpc) is 3.09. The summed E-state index contributed by atoms with van der Waals surface area (Å²) in [5.41, 5.74) is 2.35. The molecule has 1 aliphatic carbocycles. The minimum atomic E-state index is -0.193. The third-order valence-corrected chi connectivity index (χ3v) is 5.51. The number of aryl methyl sites for hydroxylation is 2. The van der Waals surface area contributed by atoms with Crippen LogP contribution in [0.4, 0.5) is 10.5 Å². The van der Waals surface area contributed by atoms with E-state index in [1.54, 1.807) is 10.9 Å². The Morgan fingerprint density at radius 1 is 1.46 bits per heavy atom. The predicted octanol–water partition coefficient (Wildman–Crippen LogP) is 2.21. The Hall–Kier alpha value is -2.15. The number of nitrogens with zero attached hydrogens (tertiary/aromatic N) is 3. The molecule has 2 aromatic rings. The van der Waals surface area contributed by atoms with Gasteiger partial charge in [0.2, 0.25) is 0 Å². The number of nitrogens with one attached hydrogen (secondary N) is 2. The first-order valence-electron chi connectivity index (χ1n) is 8.36. The Balaban J connectivity index is 1.47. The standard InChI is InChI=1S/C17H23N5O2/c1-9-12-7-10(8-18-15(12)22(4)21-9)19-16(23)20-13-11-5-6-24-14(11)17(13,2)3/h7-8,11,13-14H,5-6H2,1-4H3,(H2,19,20,23)/t11-,13-,14+/m1/s1. The smallest absolute Gasteiger partial charge is 0.319 e. The molecule has 3 atom stereocenters. The van der Waals surface area contributed by atoms with Gasteiger partial charge in [-0.05, 0) is 19.4 Å². The number of ether oxygens (including phenoxy) is 1. The quantitative estimate of drug-likeness (QED) is 0.885. The number of rotatable bonds is 2. The van der Waals surface area contributed by atoms with E-state index in [2.05, 4.69) is 34.6 Å². The maximum absolute atomic E-state index is 12.4. The van der Waals surface area contributed by atoms with Gasteiger partial charge < -0.3 is 15.4 Å². The van der Waals surface area contributed by atoms with E-state index in [4.69, 9.17) is 4.74 Å². The van der Waals surface area contributed by atoms with Gasteiger partial charge in [-0.25, -0.2) is 9.78 Å². The second kappa shape index (κ2) is 5.17. The van der Waals surface area contributed by atoms with Crippen molar-refractivity contribution in [3.8, 4) is 0 Å². The van der Waals surface area contributed by atoms with Crippen molar-refractivity contribution < 1.29 is 9.53 Å². The zero-order valence-electron chi connectivity index (χ0n) is 14.5. The maximum Gasteiger partial charge on any atom is 0.319 e. The molecule has 7 nitrogen and oxygen atoms in total. The van der Waals surface area contributed by atoms with Crippen LogP contribution < -0.4 is 10.6 Å². The van der Waals surface area contributed by atoms with Crippen LogP contribution in [0.2, 0.25) is 0 Å². The van der Waals surface area contributed by atoms with E-state index in [9.17, 15) is 4.79 Å². The predicted molar refractivity (Wildman–Crippen MR) is 90.8 cm³/mol. The van der Waals surface area contributed by atoms with E-state index in [0.29, 0.717) is 11.6 Å². The Morgan fingerprint density at radius 2 is 2.25 bits per heavy atom. The number of carbonyl (C=O) groups is 1. The van der Waals surface area contributed by atoms with Crippen molar-refractivity contribution in [3.05, 3.63) is 18.0 Å². The molecular weight excluding hydrogens is 306 g/mol. The van der Waals surface area contributed by atoms with Crippen molar-refractivity contribution in [2.24, 2.45) is 18.4 Å². The van der Waals surface area contributed by atoms with Crippen molar-refractivity contribution in [1.29, 1.82) is 0 Å². The van der Waals surface area contributed by atoms with Crippen LogP contribution in [0.15, 0.2) is 12.3 Å². The minimum absolute atomic E-state index is 0.0271. The van der Waals surface area contributed by atoms with Gasteiger partial charge in [0.05, 0.1) is 23.7 Å². The zero-order chi connectivity index (χ0) is 17.1. The Bertz CT molecular complexity index is 813. The number of fused-ring (bicyclic) bond motifs is 2. The van der Waals surface area contributed by atoms with Gasteiger partial charge in [0, 0.05) is 36.4 Å². The highest BCUT2D eigenvalue weighted by molar-refractivity contribution is 5.92. The highest BCUT2D eigenvalue weighted by Gasteiger charge is 2.59. The molecule has 1 aliphatic heterocycles. The average molecular weight is 329 g/mol. The Kier molecular flexibility index (Phi) is 3.32. The third-order valence-electron chi connectivity index (χ3n) is 5.51. The first-order chi connectivity index (χ1) is 11.4. The molecule has 3 heterocycles. The van der Waals surface area contributed by atoms with Crippen LogP contribution in [0.1, 0.15) is 26.0 Å². The SMILES string of the molecule is Cc1nn(C)c2ncc(NC(=O)N[C@@H]3[C@H]4CCO[C@@H]4C3(C)C)cc12. The van der Waals surface area contributed by atoms with Crippen LogP contribution in [-0.2, 0) is 11.8 Å². The van der Waals surface area contributed by atoms with Crippen LogP contribution in [0.3, 0.4) is 0 Å². The summed E-state index contributed by atoms with van der Waals surface area (Å²) in [5, 5.41) is 11.3. The largest absolute Gasteiger partial charge is 0.377 e. The summed E-state index contributed by atoms with van der Waals surface area (Å²) < 4.78 is 7.51. The molecule has 2 fully saturated rings. The summed E-state index contributed by atoms with van der Waals surface area (Å²) >= 11 is 0. The van der Waals surface area contributed by atoms with Gasteiger partial charge in [-0.15, -0.1) is 0 Å². The van der Waals surface area contributed by atoms with E-state index in [0.717, 1.165) is 29.8 Å². The summed E-state index contributed by atoms with van der Waals surface area (Å²) in [5.74, 6) is 0.423. The molecule has 0 bridgehead atoms. The fourth-order valence-corrected chi connectivity index (χ4v) is 4.30. The van der Waals surface area contributed by atoms with Crippen LogP contribution in [0.5, 0.6) is 0 Å². The van der Waals surface area contributed by atoms with Gasteiger partial charge >= 0.3 is 6.03 Å². The van der Waals surface area contributed by atoms with Gasteiger partial charge in [0.25, 0.3) is 0 Å². The monoisotopic (exact) mass is 329 g/mol. The van der Waals surface area contributed by atoms with E-state index >= 15 is 0 Å². The fraction of sp³-hybridized carbons (Fsp3) is 0.588. The summed E-state index contributed by atoms with van der Waals surface area (Å²) in [6.07, 6.45) is 2.94. The zero-order valence-corrected chi connectivity index (χ0v) is 14.5. The van der Waals surface area contributed by atoms with Crippen molar-refractivity contribution in [2.45, 2.75) is 39.3 Å². The van der Waals surface area contributed by atoms with Crippen LogP contribution in [0, 0.1) is 18.3 Å². The molecule has 2 amide bonds. The van der Waals surface area contributed by atoms with Crippen molar-refractivity contribution >= 4 is 22.8 Å². The first kappa shape index (κ1) is 15.4. The van der Waals surface area contributed by atoms with Crippen molar-refractivity contribution in [2.75, 3.05) is 11.9 Å². The highest BCUT2D eigenvalue weighted by Crippen LogP contribution is 2.52. The lowest BCUT2D eigenvalue weighted by atomic mass is 9.57. The van der Waals surface area contributed by atoms with Gasteiger partial charge in [-0.2, -0.15) is 5.10 Å². The maximum atomic E-state index is 12.4. The minimum Gasteiger partial charge on any atom is -0.377 e. The summed E-state index contributed by atoms with van der Waals surface area (Å²) in [6, 6.07) is 1.86. The van der Waals surface area contributed by atoms with E-state index in [-0.39, 0.29) is 23.6 Å². The number of aromatic nitrogens is 3. The molecule has 2 aromatic heterocycles. The molecule has 1 saturated heterocycles. The van der Waals surface area contributed by atoms with E-state index in [1.807, 2.05) is 20.0 Å². The number of pyridine rings is 1. The molecular formula is C17H23N5O2. The van der Waals surface area contributed by atoms with Crippen LogP contribution in [0.25, 0.3) is 11.0 Å². The van der Waals surface area contributed by atoms with E-state index < -0.39 is 0 Å². The lowest BCUT2D eigenvalue weighted by Gasteiger charge is -2.54. The fourth-order valence-electron chi connectivity index (χ4n) is 4.30. The molecule has 4 rings (SSSR count). The highest BCUT2D eigenvalue weighted by atomic mass is 16.5.